The first-order valence-corrected chi connectivity index (χ1v) is 9.67. The fraction of sp³-hybridized carbons (Fsp3) is 0.273. The molecule has 1 aromatic heterocycles. The highest BCUT2D eigenvalue weighted by Crippen LogP contribution is 2.33. The molecular formula is C22H24N4O3. The van der Waals surface area contributed by atoms with Crippen molar-refractivity contribution in [1.82, 2.24) is 9.55 Å². The Kier molecular flexibility index (Phi) is 5.48. The topological polar surface area (TPSA) is 70.6 Å². The van der Waals surface area contributed by atoms with Crippen LogP contribution >= 0.6 is 0 Å². The number of hydrogen-bond donors (Lipinski definition) is 1. The molecule has 0 bridgehead atoms. The number of rotatable bonds is 5. The Morgan fingerprint density at radius 2 is 1.66 bits per heavy atom. The van der Waals surface area contributed by atoms with Gasteiger partial charge in [-0.3, -0.25) is 14.3 Å². The molecule has 1 aliphatic heterocycles. The number of aromatic nitrogens is 2. The second kappa shape index (κ2) is 8.36. The van der Waals surface area contributed by atoms with Gasteiger partial charge in [0.25, 0.3) is 5.56 Å². The van der Waals surface area contributed by atoms with Crippen LogP contribution in [0.15, 0.2) is 70.3 Å². The molecule has 3 aromatic rings. The van der Waals surface area contributed by atoms with Crippen LogP contribution in [0.5, 0.6) is 0 Å². The van der Waals surface area contributed by atoms with Gasteiger partial charge in [-0.2, -0.15) is 0 Å². The summed E-state index contributed by atoms with van der Waals surface area (Å²) in [4.78, 5) is 31.8. The van der Waals surface area contributed by atoms with Crippen LogP contribution in [0, 0.1) is 0 Å². The summed E-state index contributed by atoms with van der Waals surface area (Å²) in [5.74, 6) is 0.568. The van der Waals surface area contributed by atoms with Crippen LogP contribution in [0.1, 0.15) is 12.0 Å². The highest BCUT2D eigenvalue weighted by molar-refractivity contribution is 5.74. The molecule has 7 heteroatoms. The van der Waals surface area contributed by atoms with E-state index in [1.54, 1.807) is 0 Å². The minimum atomic E-state index is -0.474. The van der Waals surface area contributed by atoms with E-state index in [0.717, 1.165) is 24.2 Å². The van der Waals surface area contributed by atoms with Crippen LogP contribution in [0.3, 0.4) is 0 Å². The lowest BCUT2D eigenvalue weighted by Gasteiger charge is -2.28. The van der Waals surface area contributed by atoms with Crippen molar-refractivity contribution in [3.05, 3.63) is 87.1 Å². The lowest BCUT2D eigenvalue weighted by Crippen LogP contribution is -2.38. The first kappa shape index (κ1) is 19.0. The zero-order chi connectivity index (χ0) is 20.2. The van der Waals surface area contributed by atoms with Gasteiger partial charge in [0.2, 0.25) is 0 Å². The van der Waals surface area contributed by atoms with Crippen molar-refractivity contribution in [1.29, 1.82) is 0 Å². The van der Waals surface area contributed by atoms with Gasteiger partial charge in [-0.1, -0.05) is 48.5 Å². The minimum absolute atomic E-state index is 0.0456. The van der Waals surface area contributed by atoms with Crippen LogP contribution < -0.4 is 21.0 Å². The van der Waals surface area contributed by atoms with Gasteiger partial charge in [-0.25, -0.2) is 4.79 Å². The number of aromatic amines is 1. The van der Waals surface area contributed by atoms with Gasteiger partial charge in [0, 0.05) is 25.8 Å². The molecule has 0 spiro atoms. The smallest absolute Gasteiger partial charge is 0.331 e. The lowest BCUT2D eigenvalue weighted by atomic mass is 10.2. The van der Waals surface area contributed by atoms with Crippen molar-refractivity contribution in [2.24, 2.45) is 0 Å². The van der Waals surface area contributed by atoms with Crippen molar-refractivity contribution in [3.63, 3.8) is 0 Å². The SMILES string of the molecule is CN1CCCN(c2ccccc2)c2c1c(=O)[nH]c(=O)n2COCc1ccccc1. The molecule has 4 rings (SSSR count). The van der Waals surface area contributed by atoms with Gasteiger partial charge in [0.05, 0.1) is 6.61 Å². The first-order valence-electron chi connectivity index (χ1n) is 9.67. The number of ether oxygens (including phenoxy) is 1. The van der Waals surface area contributed by atoms with Gasteiger partial charge in [-0.15, -0.1) is 0 Å². The lowest BCUT2D eigenvalue weighted by molar-refractivity contribution is 0.0619. The number of fused-ring (bicyclic) bond motifs is 1. The van der Waals surface area contributed by atoms with E-state index in [0.29, 0.717) is 24.7 Å². The summed E-state index contributed by atoms with van der Waals surface area (Å²) >= 11 is 0. The summed E-state index contributed by atoms with van der Waals surface area (Å²) in [6, 6.07) is 19.6. The van der Waals surface area contributed by atoms with Gasteiger partial charge in [-0.05, 0) is 24.1 Å². The van der Waals surface area contributed by atoms with E-state index < -0.39 is 5.69 Å². The predicted molar refractivity (Wildman–Crippen MR) is 114 cm³/mol. The molecule has 2 heterocycles. The maximum atomic E-state index is 12.7. The molecule has 7 nitrogen and oxygen atoms in total. The van der Waals surface area contributed by atoms with E-state index >= 15 is 0 Å². The number of hydrogen-bond acceptors (Lipinski definition) is 5. The Morgan fingerprint density at radius 3 is 2.38 bits per heavy atom. The summed E-state index contributed by atoms with van der Waals surface area (Å²) in [7, 11) is 1.88. The number of benzene rings is 2. The van der Waals surface area contributed by atoms with Gasteiger partial charge in [0.15, 0.2) is 0 Å². The molecule has 29 heavy (non-hydrogen) atoms. The Bertz CT molecular complexity index is 1080. The predicted octanol–water partition coefficient (Wildman–Crippen LogP) is 2.69. The molecule has 1 N–H and O–H groups in total. The maximum absolute atomic E-state index is 12.7. The highest BCUT2D eigenvalue weighted by atomic mass is 16.5. The number of para-hydroxylation sites is 1. The number of nitrogens with zero attached hydrogens (tertiary/aromatic N) is 3. The van der Waals surface area contributed by atoms with Crippen molar-refractivity contribution < 1.29 is 4.74 Å². The second-order valence-electron chi connectivity index (χ2n) is 7.08. The summed E-state index contributed by atoms with van der Waals surface area (Å²) in [5, 5.41) is 0. The van der Waals surface area contributed by atoms with E-state index in [9.17, 15) is 9.59 Å². The third-order valence-corrected chi connectivity index (χ3v) is 5.06. The Balaban J connectivity index is 1.76. The van der Waals surface area contributed by atoms with E-state index in [4.69, 9.17) is 4.74 Å². The number of nitrogens with one attached hydrogen (secondary N) is 1. The Labute approximate surface area is 168 Å². The minimum Gasteiger partial charge on any atom is -0.367 e. The number of H-pyrrole nitrogens is 1. The van der Waals surface area contributed by atoms with Crippen LogP contribution in [0.4, 0.5) is 17.2 Å². The fourth-order valence-corrected chi connectivity index (χ4v) is 3.66. The van der Waals surface area contributed by atoms with Crippen molar-refractivity contribution in [2.45, 2.75) is 19.8 Å². The van der Waals surface area contributed by atoms with Gasteiger partial charge < -0.3 is 14.5 Å². The quantitative estimate of drug-likeness (QED) is 0.723. The number of anilines is 3. The third-order valence-electron chi connectivity index (χ3n) is 5.06. The largest absolute Gasteiger partial charge is 0.367 e. The van der Waals surface area contributed by atoms with Crippen molar-refractivity contribution in [3.8, 4) is 0 Å². The van der Waals surface area contributed by atoms with E-state index in [1.165, 1.54) is 4.57 Å². The van der Waals surface area contributed by atoms with E-state index in [2.05, 4.69) is 4.98 Å². The summed E-state index contributed by atoms with van der Waals surface area (Å²) in [6.07, 6.45) is 0.860. The Morgan fingerprint density at radius 1 is 0.966 bits per heavy atom. The molecule has 0 amide bonds. The van der Waals surface area contributed by atoms with Gasteiger partial charge >= 0.3 is 5.69 Å². The molecule has 0 atom stereocenters. The standard InChI is InChI=1S/C22H24N4O3/c1-24-13-8-14-25(18-11-6-3-7-12-18)21-19(24)20(27)23-22(28)26(21)16-29-15-17-9-4-2-5-10-17/h2-7,9-12H,8,13-16H2,1H3,(H,23,27,28). The molecule has 0 radical (unpaired) electrons. The molecule has 0 saturated heterocycles. The zero-order valence-corrected chi connectivity index (χ0v) is 16.4. The normalized spacial score (nSPS) is 13.8. The molecule has 150 valence electrons. The van der Waals surface area contributed by atoms with Crippen LogP contribution in [0.25, 0.3) is 0 Å². The van der Waals surface area contributed by atoms with Gasteiger partial charge in [0.1, 0.15) is 18.2 Å². The highest BCUT2D eigenvalue weighted by Gasteiger charge is 2.27. The summed E-state index contributed by atoms with van der Waals surface area (Å²) in [6.45, 7) is 1.85. The van der Waals surface area contributed by atoms with Crippen molar-refractivity contribution in [2.75, 3.05) is 29.9 Å². The van der Waals surface area contributed by atoms with E-state index in [1.807, 2.05) is 77.5 Å². The average molecular weight is 392 g/mol. The van der Waals surface area contributed by atoms with Crippen LogP contribution in [-0.2, 0) is 18.1 Å². The molecule has 2 aromatic carbocycles. The fourth-order valence-electron chi connectivity index (χ4n) is 3.66. The molecule has 0 unspecified atom stereocenters. The maximum Gasteiger partial charge on any atom is 0.331 e. The zero-order valence-electron chi connectivity index (χ0n) is 16.4. The second-order valence-corrected chi connectivity index (χ2v) is 7.08. The summed E-state index contributed by atoms with van der Waals surface area (Å²) in [5.41, 5.74) is 1.58. The molecule has 1 aliphatic rings. The molecule has 0 fully saturated rings. The Hall–Kier alpha value is -3.32. The molecular weight excluding hydrogens is 368 g/mol. The van der Waals surface area contributed by atoms with Crippen LogP contribution in [-0.4, -0.2) is 29.7 Å². The summed E-state index contributed by atoms with van der Waals surface area (Å²) < 4.78 is 7.36. The van der Waals surface area contributed by atoms with Crippen molar-refractivity contribution >= 4 is 17.2 Å². The van der Waals surface area contributed by atoms with E-state index in [-0.39, 0.29) is 12.3 Å². The monoisotopic (exact) mass is 392 g/mol. The third kappa shape index (κ3) is 3.95. The first-order chi connectivity index (χ1) is 14.1. The molecule has 0 saturated carbocycles. The van der Waals surface area contributed by atoms with Crippen LogP contribution in [0.2, 0.25) is 0 Å². The average Bonchev–Trinajstić information content (AvgIpc) is 2.91. The molecule has 0 aliphatic carbocycles.